The minimum Gasteiger partial charge on any atom is -0.465 e. The van der Waals surface area contributed by atoms with Gasteiger partial charge >= 0.3 is 5.97 Å². The first kappa shape index (κ1) is 19.2. The Morgan fingerprint density at radius 2 is 2.16 bits per heavy atom. The number of esters is 1. The lowest BCUT2D eigenvalue weighted by molar-refractivity contribution is -0.142. The number of carbonyl (C=O) groups is 1. The van der Waals surface area contributed by atoms with Crippen molar-refractivity contribution in [3.63, 3.8) is 0 Å². The number of halogens is 1. The highest BCUT2D eigenvalue weighted by Gasteiger charge is 2.20. The van der Waals surface area contributed by atoms with Gasteiger partial charge in [-0.2, -0.15) is 0 Å². The first-order chi connectivity index (χ1) is 11.8. The molecule has 134 valence electrons. The Labute approximate surface area is 150 Å². The lowest BCUT2D eigenvalue weighted by atomic mass is 10.1. The summed E-state index contributed by atoms with van der Waals surface area (Å²) in [4.78, 5) is 28.9. The Morgan fingerprint density at radius 3 is 2.80 bits per heavy atom. The molecule has 0 bridgehead atoms. The van der Waals surface area contributed by atoms with Crippen LogP contribution in [-0.4, -0.2) is 27.4 Å². The van der Waals surface area contributed by atoms with Gasteiger partial charge in [0.15, 0.2) is 5.16 Å². The number of hydrogen-bond donors (Lipinski definition) is 0. The zero-order chi connectivity index (χ0) is 18.6. The van der Waals surface area contributed by atoms with Crippen molar-refractivity contribution in [2.24, 2.45) is 7.05 Å². The zero-order valence-corrected chi connectivity index (χ0v) is 15.5. The van der Waals surface area contributed by atoms with E-state index in [0.717, 1.165) is 0 Å². The van der Waals surface area contributed by atoms with E-state index >= 15 is 0 Å². The van der Waals surface area contributed by atoms with E-state index in [1.165, 1.54) is 28.5 Å². The SMILES string of the molecule is CCOC(=O)[C@H](C)Sc1nc(C)c(Cc2cccc(F)c2)c(=O)n1C. The number of ether oxygens (including phenoxy) is 1. The van der Waals surface area contributed by atoms with E-state index in [0.29, 0.717) is 35.0 Å². The molecular weight excluding hydrogens is 343 g/mol. The van der Waals surface area contributed by atoms with E-state index in [1.807, 2.05) is 0 Å². The first-order valence-corrected chi connectivity index (χ1v) is 8.85. The standard InChI is InChI=1S/C18H21FN2O3S/c1-5-24-17(23)12(3)25-18-20-11(2)15(16(22)21(18)4)10-13-7-6-8-14(19)9-13/h6-9,12H,5,10H2,1-4H3/t12-/m0/s1. The van der Waals surface area contributed by atoms with Crippen LogP contribution in [0.1, 0.15) is 30.7 Å². The van der Waals surface area contributed by atoms with Gasteiger partial charge in [0.25, 0.3) is 5.56 Å². The average molecular weight is 364 g/mol. The Morgan fingerprint density at radius 1 is 1.44 bits per heavy atom. The predicted octanol–water partition coefficient (Wildman–Crippen LogP) is 2.86. The molecule has 0 unspecified atom stereocenters. The number of benzene rings is 1. The Bertz CT molecular complexity index is 836. The fourth-order valence-corrected chi connectivity index (χ4v) is 3.27. The minimum absolute atomic E-state index is 0.199. The van der Waals surface area contributed by atoms with E-state index < -0.39 is 5.25 Å². The fourth-order valence-electron chi connectivity index (χ4n) is 2.36. The highest BCUT2D eigenvalue weighted by atomic mass is 32.2. The maximum Gasteiger partial charge on any atom is 0.319 e. The number of nitrogens with zero attached hydrogens (tertiary/aromatic N) is 2. The van der Waals surface area contributed by atoms with E-state index in [4.69, 9.17) is 4.74 Å². The van der Waals surface area contributed by atoms with Crippen LogP contribution in [0.15, 0.2) is 34.2 Å². The molecule has 0 N–H and O–H groups in total. The zero-order valence-electron chi connectivity index (χ0n) is 14.7. The van der Waals surface area contributed by atoms with Gasteiger partial charge in [-0.3, -0.25) is 14.2 Å². The fraction of sp³-hybridized carbons (Fsp3) is 0.389. The second-order valence-electron chi connectivity index (χ2n) is 5.64. The average Bonchev–Trinajstić information content (AvgIpc) is 2.56. The number of thioether (sulfide) groups is 1. The summed E-state index contributed by atoms with van der Waals surface area (Å²) in [5.41, 5.74) is 1.60. The maximum atomic E-state index is 13.4. The Hall–Kier alpha value is -2.15. The first-order valence-electron chi connectivity index (χ1n) is 7.97. The van der Waals surface area contributed by atoms with E-state index in [-0.39, 0.29) is 17.3 Å². The van der Waals surface area contributed by atoms with Gasteiger partial charge in [0, 0.05) is 24.7 Å². The third kappa shape index (κ3) is 4.69. The van der Waals surface area contributed by atoms with Crippen LogP contribution in [0.2, 0.25) is 0 Å². The van der Waals surface area contributed by atoms with E-state index in [1.54, 1.807) is 40.0 Å². The number of carbonyl (C=O) groups excluding carboxylic acids is 1. The maximum absolute atomic E-state index is 13.4. The van der Waals surface area contributed by atoms with Crippen molar-refractivity contribution < 1.29 is 13.9 Å². The van der Waals surface area contributed by atoms with Crippen LogP contribution in [0, 0.1) is 12.7 Å². The number of rotatable bonds is 6. The normalized spacial score (nSPS) is 12.0. The highest BCUT2D eigenvalue weighted by molar-refractivity contribution is 8.00. The molecule has 2 aromatic rings. The van der Waals surface area contributed by atoms with Crippen molar-refractivity contribution in [1.29, 1.82) is 0 Å². The molecule has 5 nitrogen and oxygen atoms in total. The summed E-state index contributed by atoms with van der Waals surface area (Å²) in [6.45, 7) is 5.51. The van der Waals surface area contributed by atoms with Crippen LogP contribution >= 0.6 is 11.8 Å². The third-order valence-electron chi connectivity index (χ3n) is 3.72. The largest absolute Gasteiger partial charge is 0.465 e. The summed E-state index contributed by atoms with van der Waals surface area (Å²) in [5.74, 6) is -0.682. The molecule has 0 aliphatic heterocycles. The van der Waals surface area contributed by atoms with Gasteiger partial charge in [0.1, 0.15) is 11.1 Å². The molecular formula is C18H21FN2O3S. The van der Waals surface area contributed by atoms with Gasteiger partial charge in [-0.1, -0.05) is 23.9 Å². The van der Waals surface area contributed by atoms with E-state index in [2.05, 4.69) is 4.98 Å². The van der Waals surface area contributed by atoms with Gasteiger partial charge in [0.05, 0.1) is 6.61 Å². The second-order valence-corrected chi connectivity index (χ2v) is 6.95. The highest BCUT2D eigenvalue weighted by Crippen LogP contribution is 2.22. The summed E-state index contributed by atoms with van der Waals surface area (Å²) >= 11 is 1.18. The molecule has 0 spiro atoms. The molecule has 0 fully saturated rings. The number of hydrogen-bond acceptors (Lipinski definition) is 5. The van der Waals surface area contributed by atoms with Crippen LogP contribution in [0.5, 0.6) is 0 Å². The molecule has 1 aromatic carbocycles. The summed E-state index contributed by atoms with van der Waals surface area (Å²) in [7, 11) is 1.62. The van der Waals surface area contributed by atoms with Gasteiger partial charge in [-0.25, -0.2) is 9.37 Å². The number of aromatic nitrogens is 2. The molecule has 2 rings (SSSR count). The Kier molecular flexibility index (Phi) is 6.36. The summed E-state index contributed by atoms with van der Waals surface area (Å²) in [6.07, 6.45) is 0.307. The monoisotopic (exact) mass is 364 g/mol. The topological polar surface area (TPSA) is 61.2 Å². The van der Waals surface area contributed by atoms with Gasteiger partial charge < -0.3 is 4.74 Å². The Balaban J connectivity index is 2.30. The van der Waals surface area contributed by atoms with Crippen molar-refractivity contribution in [1.82, 2.24) is 9.55 Å². The molecule has 0 aliphatic carbocycles. The minimum atomic E-state index is -0.466. The summed E-state index contributed by atoms with van der Waals surface area (Å²) < 4.78 is 19.7. The molecule has 7 heteroatoms. The van der Waals surface area contributed by atoms with Gasteiger partial charge in [-0.05, 0) is 38.5 Å². The van der Waals surface area contributed by atoms with Gasteiger partial charge in [-0.15, -0.1) is 0 Å². The van der Waals surface area contributed by atoms with Crippen LogP contribution in [0.3, 0.4) is 0 Å². The molecule has 0 amide bonds. The number of aryl methyl sites for hydroxylation is 1. The van der Waals surface area contributed by atoms with Crippen molar-refractivity contribution in [2.45, 2.75) is 37.6 Å². The molecule has 0 saturated heterocycles. The molecule has 1 aromatic heterocycles. The molecule has 0 radical (unpaired) electrons. The third-order valence-corrected chi connectivity index (χ3v) is 4.84. The predicted molar refractivity (Wildman–Crippen MR) is 95.4 cm³/mol. The lowest BCUT2D eigenvalue weighted by Gasteiger charge is -2.14. The quantitative estimate of drug-likeness (QED) is 0.448. The van der Waals surface area contributed by atoms with Crippen molar-refractivity contribution in [2.75, 3.05) is 6.61 Å². The molecule has 0 aliphatic rings. The smallest absolute Gasteiger partial charge is 0.319 e. The van der Waals surface area contributed by atoms with Crippen LogP contribution in [0.25, 0.3) is 0 Å². The van der Waals surface area contributed by atoms with Crippen molar-refractivity contribution >= 4 is 17.7 Å². The summed E-state index contributed by atoms with van der Waals surface area (Å²) in [5, 5.41) is -0.0161. The molecule has 1 heterocycles. The van der Waals surface area contributed by atoms with Crippen LogP contribution in [0.4, 0.5) is 4.39 Å². The van der Waals surface area contributed by atoms with Crippen LogP contribution in [-0.2, 0) is 23.0 Å². The lowest BCUT2D eigenvalue weighted by Crippen LogP contribution is -2.27. The van der Waals surface area contributed by atoms with Crippen molar-refractivity contribution in [3.05, 3.63) is 57.3 Å². The molecule has 0 saturated carbocycles. The van der Waals surface area contributed by atoms with Crippen LogP contribution < -0.4 is 5.56 Å². The van der Waals surface area contributed by atoms with Crippen molar-refractivity contribution in [3.8, 4) is 0 Å². The van der Waals surface area contributed by atoms with Gasteiger partial charge in [0.2, 0.25) is 0 Å². The molecule has 25 heavy (non-hydrogen) atoms. The summed E-state index contributed by atoms with van der Waals surface area (Å²) in [6, 6.07) is 6.16. The second kappa shape index (κ2) is 8.29. The van der Waals surface area contributed by atoms with E-state index in [9.17, 15) is 14.0 Å². The molecule has 1 atom stereocenters.